The highest BCUT2D eigenvalue weighted by molar-refractivity contribution is 5.58. The van der Waals surface area contributed by atoms with Crippen LogP contribution in [0.15, 0.2) is 53.5 Å². The molecule has 0 saturated heterocycles. The average Bonchev–Trinajstić information content (AvgIpc) is 3.10. The Morgan fingerprint density at radius 2 is 2.06 bits per heavy atom. The van der Waals surface area contributed by atoms with Crippen LogP contribution in [0.3, 0.4) is 0 Å². The minimum atomic E-state index is 0.534. The zero-order chi connectivity index (χ0) is 12.2. The molecule has 1 aromatic carbocycles. The van der Waals surface area contributed by atoms with Crippen molar-refractivity contribution in [3.63, 3.8) is 0 Å². The van der Waals surface area contributed by atoms with Crippen LogP contribution in [0.4, 0.5) is 5.69 Å². The second kappa shape index (κ2) is 4.75. The summed E-state index contributed by atoms with van der Waals surface area (Å²) >= 11 is 0. The molecule has 2 N–H and O–H groups in total. The molecular formula is C13H12N4O. The van der Waals surface area contributed by atoms with Gasteiger partial charge in [0.2, 0.25) is 12.3 Å². The number of aromatic nitrogens is 3. The molecule has 0 aliphatic heterocycles. The SMILES string of the molecule is c1cc(CNc2ccc(-c3nnco3)cc2)c[nH]1. The molecule has 0 bridgehead atoms. The van der Waals surface area contributed by atoms with Crippen LogP contribution in [0.5, 0.6) is 0 Å². The quantitative estimate of drug-likeness (QED) is 0.735. The number of rotatable bonds is 4. The fraction of sp³-hybridized carbons (Fsp3) is 0.0769. The molecule has 0 amide bonds. The molecule has 0 aliphatic rings. The first kappa shape index (κ1) is 10.6. The van der Waals surface area contributed by atoms with E-state index in [-0.39, 0.29) is 0 Å². The molecule has 0 atom stereocenters. The minimum Gasteiger partial charge on any atom is -0.423 e. The summed E-state index contributed by atoms with van der Waals surface area (Å²) in [6, 6.07) is 9.93. The van der Waals surface area contributed by atoms with Crippen molar-refractivity contribution in [3.8, 4) is 11.5 Å². The summed E-state index contributed by atoms with van der Waals surface area (Å²) in [4.78, 5) is 3.03. The van der Waals surface area contributed by atoms with Gasteiger partial charge in [-0.25, -0.2) is 0 Å². The smallest absolute Gasteiger partial charge is 0.247 e. The van der Waals surface area contributed by atoms with E-state index in [0.29, 0.717) is 5.89 Å². The highest BCUT2D eigenvalue weighted by atomic mass is 16.4. The third-order valence-electron chi connectivity index (χ3n) is 2.65. The van der Waals surface area contributed by atoms with Gasteiger partial charge in [-0.3, -0.25) is 0 Å². The summed E-state index contributed by atoms with van der Waals surface area (Å²) in [5, 5.41) is 10.8. The molecule has 5 heteroatoms. The number of aromatic amines is 1. The van der Waals surface area contributed by atoms with Crippen molar-refractivity contribution in [1.29, 1.82) is 0 Å². The first-order chi connectivity index (χ1) is 8.92. The van der Waals surface area contributed by atoms with Crippen molar-refractivity contribution in [1.82, 2.24) is 15.2 Å². The maximum Gasteiger partial charge on any atom is 0.247 e. The lowest BCUT2D eigenvalue weighted by Gasteiger charge is -2.05. The van der Waals surface area contributed by atoms with E-state index >= 15 is 0 Å². The summed E-state index contributed by atoms with van der Waals surface area (Å²) in [6.45, 7) is 0.795. The number of nitrogens with one attached hydrogen (secondary N) is 2. The van der Waals surface area contributed by atoms with Crippen molar-refractivity contribution < 1.29 is 4.42 Å². The maximum atomic E-state index is 5.13. The number of hydrogen-bond donors (Lipinski definition) is 2. The summed E-state index contributed by atoms with van der Waals surface area (Å²) in [7, 11) is 0. The van der Waals surface area contributed by atoms with Gasteiger partial charge in [0.1, 0.15) is 0 Å². The van der Waals surface area contributed by atoms with Crippen molar-refractivity contribution in [2.75, 3.05) is 5.32 Å². The molecular weight excluding hydrogens is 228 g/mol. The number of H-pyrrole nitrogens is 1. The summed E-state index contributed by atoms with van der Waals surface area (Å²) in [5.74, 6) is 0.534. The largest absolute Gasteiger partial charge is 0.423 e. The van der Waals surface area contributed by atoms with E-state index in [9.17, 15) is 0 Å². The fourth-order valence-corrected chi connectivity index (χ4v) is 1.70. The molecule has 0 saturated carbocycles. The van der Waals surface area contributed by atoms with Crippen LogP contribution >= 0.6 is 0 Å². The van der Waals surface area contributed by atoms with Crippen LogP contribution in [0.2, 0.25) is 0 Å². The second-order valence-electron chi connectivity index (χ2n) is 3.89. The standard InChI is InChI=1S/C13H12N4O/c1-3-12(15-8-10-5-6-14-7-10)4-2-11(1)13-17-16-9-18-13/h1-7,9,14-15H,8H2. The predicted molar refractivity (Wildman–Crippen MR) is 67.9 cm³/mol. The van der Waals surface area contributed by atoms with Crippen LogP contribution in [0.1, 0.15) is 5.56 Å². The van der Waals surface area contributed by atoms with Crippen LogP contribution in [0, 0.1) is 0 Å². The molecule has 2 heterocycles. The fourth-order valence-electron chi connectivity index (χ4n) is 1.70. The highest BCUT2D eigenvalue weighted by Gasteiger charge is 2.02. The Morgan fingerprint density at radius 1 is 1.17 bits per heavy atom. The molecule has 18 heavy (non-hydrogen) atoms. The summed E-state index contributed by atoms with van der Waals surface area (Å²) in [5.41, 5.74) is 3.19. The normalized spacial score (nSPS) is 10.4. The van der Waals surface area contributed by atoms with Crippen LogP contribution in [-0.2, 0) is 6.54 Å². The molecule has 90 valence electrons. The number of anilines is 1. The van der Waals surface area contributed by atoms with E-state index in [2.05, 4.69) is 20.5 Å². The monoisotopic (exact) mass is 240 g/mol. The molecule has 3 rings (SSSR count). The predicted octanol–water partition coefficient (Wildman–Crippen LogP) is 2.68. The molecule has 0 radical (unpaired) electrons. The zero-order valence-corrected chi connectivity index (χ0v) is 9.63. The van der Waals surface area contributed by atoms with E-state index in [1.165, 1.54) is 12.0 Å². The minimum absolute atomic E-state index is 0.534. The van der Waals surface area contributed by atoms with Crippen molar-refractivity contribution in [2.45, 2.75) is 6.54 Å². The Hall–Kier alpha value is -2.56. The second-order valence-corrected chi connectivity index (χ2v) is 3.89. The van der Waals surface area contributed by atoms with Gasteiger partial charge in [0.25, 0.3) is 0 Å². The number of hydrogen-bond acceptors (Lipinski definition) is 4. The summed E-state index contributed by atoms with van der Waals surface area (Å²) < 4.78 is 5.13. The van der Waals surface area contributed by atoms with E-state index in [4.69, 9.17) is 4.42 Å². The molecule has 0 fully saturated rings. The van der Waals surface area contributed by atoms with E-state index in [0.717, 1.165) is 17.8 Å². The van der Waals surface area contributed by atoms with Gasteiger partial charge in [-0.2, -0.15) is 0 Å². The Morgan fingerprint density at radius 3 is 2.72 bits per heavy atom. The van der Waals surface area contributed by atoms with Gasteiger partial charge >= 0.3 is 0 Å². The van der Waals surface area contributed by atoms with E-state index < -0.39 is 0 Å². The maximum absolute atomic E-state index is 5.13. The first-order valence-electron chi connectivity index (χ1n) is 5.64. The van der Waals surface area contributed by atoms with Gasteiger partial charge in [-0.15, -0.1) is 10.2 Å². The molecule has 5 nitrogen and oxygen atoms in total. The Bertz CT molecular complexity index is 584. The van der Waals surface area contributed by atoms with Gasteiger partial charge < -0.3 is 14.7 Å². The average molecular weight is 240 g/mol. The lowest BCUT2D eigenvalue weighted by atomic mass is 10.2. The molecule has 2 aromatic heterocycles. The number of nitrogens with zero attached hydrogens (tertiary/aromatic N) is 2. The zero-order valence-electron chi connectivity index (χ0n) is 9.63. The lowest BCUT2D eigenvalue weighted by molar-refractivity contribution is 0.568. The van der Waals surface area contributed by atoms with Crippen molar-refractivity contribution >= 4 is 5.69 Å². The van der Waals surface area contributed by atoms with Gasteiger partial charge in [0.15, 0.2) is 0 Å². The highest BCUT2D eigenvalue weighted by Crippen LogP contribution is 2.19. The molecule has 0 aliphatic carbocycles. The van der Waals surface area contributed by atoms with Crippen molar-refractivity contribution in [2.24, 2.45) is 0 Å². The van der Waals surface area contributed by atoms with Gasteiger partial charge in [0.05, 0.1) is 0 Å². The van der Waals surface area contributed by atoms with E-state index in [1.54, 1.807) is 0 Å². The van der Waals surface area contributed by atoms with Gasteiger partial charge in [-0.1, -0.05) is 0 Å². The van der Waals surface area contributed by atoms with Crippen LogP contribution in [0.25, 0.3) is 11.5 Å². The first-order valence-corrected chi connectivity index (χ1v) is 5.64. The number of benzene rings is 1. The topological polar surface area (TPSA) is 66.7 Å². The van der Waals surface area contributed by atoms with Crippen LogP contribution < -0.4 is 5.32 Å². The Labute approximate surface area is 104 Å². The molecule has 3 aromatic rings. The summed E-state index contributed by atoms with van der Waals surface area (Å²) in [6.07, 6.45) is 5.21. The lowest BCUT2D eigenvalue weighted by Crippen LogP contribution is -1.97. The van der Waals surface area contributed by atoms with Gasteiger partial charge in [-0.05, 0) is 35.9 Å². The molecule has 0 unspecified atom stereocenters. The van der Waals surface area contributed by atoms with Gasteiger partial charge in [0, 0.05) is 30.2 Å². The Kier molecular flexibility index (Phi) is 2.79. The third-order valence-corrected chi connectivity index (χ3v) is 2.65. The van der Waals surface area contributed by atoms with Crippen LogP contribution in [-0.4, -0.2) is 15.2 Å². The molecule has 0 spiro atoms. The van der Waals surface area contributed by atoms with Crippen molar-refractivity contribution in [3.05, 3.63) is 54.7 Å². The third kappa shape index (κ3) is 2.24. The van der Waals surface area contributed by atoms with E-state index in [1.807, 2.05) is 42.7 Å². The Balaban J connectivity index is 1.68.